The fourth-order valence-corrected chi connectivity index (χ4v) is 4.51. The van der Waals surface area contributed by atoms with E-state index in [2.05, 4.69) is 5.32 Å². The molecule has 1 aromatic carbocycles. The number of nitrogens with one attached hydrogen (secondary N) is 1. The summed E-state index contributed by atoms with van der Waals surface area (Å²) < 4.78 is 0. The van der Waals surface area contributed by atoms with E-state index in [0.29, 0.717) is 5.56 Å². The van der Waals surface area contributed by atoms with Gasteiger partial charge in [0, 0.05) is 12.6 Å². The highest BCUT2D eigenvalue weighted by Gasteiger charge is 2.68. The van der Waals surface area contributed by atoms with Gasteiger partial charge in [-0.15, -0.1) is 0 Å². The molecular weight excluding hydrogens is 352 g/mol. The van der Waals surface area contributed by atoms with Gasteiger partial charge in [0.05, 0.1) is 11.8 Å². The highest BCUT2D eigenvalue weighted by Crippen LogP contribution is 2.51. The van der Waals surface area contributed by atoms with E-state index in [1.165, 1.54) is 18.2 Å². The van der Waals surface area contributed by atoms with E-state index in [9.17, 15) is 29.7 Å². The number of nitrogens with zero attached hydrogens (tertiary/aromatic N) is 1. The molecule has 2 aliphatic heterocycles. The summed E-state index contributed by atoms with van der Waals surface area (Å²) in [5.41, 5.74) is -1.13. The first-order chi connectivity index (χ1) is 12.6. The molecule has 146 valence electrons. The number of aromatic hydroxyl groups is 2. The molecule has 8 nitrogen and oxygen atoms in total. The van der Waals surface area contributed by atoms with Gasteiger partial charge in [-0.3, -0.25) is 24.6 Å². The molecule has 2 fully saturated rings. The van der Waals surface area contributed by atoms with Crippen molar-refractivity contribution in [3.05, 3.63) is 23.8 Å². The number of carboxylic acid groups (broad SMARTS) is 1. The van der Waals surface area contributed by atoms with Crippen LogP contribution in [0.5, 0.6) is 11.5 Å². The first-order valence-corrected chi connectivity index (χ1v) is 9.02. The number of fused-ring (bicyclic) bond motifs is 1. The van der Waals surface area contributed by atoms with Gasteiger partial charge >= 0.3 is 5.97 Å². The summed E-state index contributed by atoms with van der Waals surface area (Å²) in [5, 5.41) is 32.5. The molecule has 4 N–H and O–H groups in total. The Hall–Kier alpha value is -2.61. The molecule has 0 radical (unpaired) electrons. The van der Waals surface area contributed by atoms with Crippen molar-refractivity contribution in [3.63, 3.8) is 0 Å². The van der Waals surface area contributed by atoms with E-state index in [-0.39, 0.29) is 30.4 Å². The number of benzene rings is 1. The number of hydrogen-bond acceptors (Lipinski definition) is 6. The Morgan fingerprint density at radius 3 is 2.41 bits per heavy atom. The Bertz CT molecular complexity index is 807. The molecule has 4 unspecified atom stereocenters. The molecule has 2 aliphatic rings. The van der Waals surface area contributed by atoms with Crippen molar-refractivity contribution < 1.29 is 29.7 Å². The number of likely N-dealkylation sites (tertiary alicyclic amines) is 1. The van der Waals surface area contributed by atoms with E-state index in [0.717, 1.165) is 4.90 Å². The average Bonchev–Trinajstić information content (AvgIpc) is 3.05. The molecule has 2 heterocycles. The fourth-order valence-electron chi connectivity index (χ4n) is 4.51. The molecule has 0 aliphatic carbocycles. The molecule has 2 amide bonds. The number of carbonyl (C=O) groups excluding carboxylic acids is 2. The first-order valence-electron chi connectivity index (χ1n) is 9.02. The molecule has 3 rings (SSSR count). The molecular formula is C19H24N2O6. The van der Waals surface area contributed by atoms with Gasteiger partial charge < -0.3 is 15.3 Å². The van der Waals surface area contributed by atoms with E-state index in [4.69, 9.17) is 0 Å². The van der Waals surface area contributed by atoms with Crippen LogP contribution in [0.2, 0.25) is 0 Å². The maximum absolute atomic E-state index is 12.9. The van der Waals surface area contributed by atoms with E-state index in [1.807, 2.05) is 13.8 Å². The van der Waals surface area contributed by atoms with Crippen LogP contribution in [0.3, 0.4) is 0 Å². The zero-order valence-electron chi connectivity index (χ0n) is 15.5. The summed E-state index contributed by atoms with van der Waals surface area (Å²) in [6, 6.07) is 3.33. The summed E-state index contributed by atoms with van der Waals surface area (Å²) in [6.45, 7) is 5.58. The summed E-state index contributed by atoms with van der Waals surface area (Å²) in [7, 11) is 0. The predicted molar refractivity (Wildman–Crippen MR) is 94.8 cm³/mol. The number of phenols is 2. The lowest BCUT2D eigenvalue weighted by atomic mass is 9.75. The minimum atomic E-state index is -1.58. The molecule has 4 atom stereocenters. The van der Waals surface area contributed by atoms with Crippen LogP contribution in [0.25, 0.3) is 0 Å². The number of aliphatic carboxylic acids is 1. The topological polar surface area (TPSA) is 127 Å². The number of phenolic OH excluding ortho intramolecular Hbond substituents is 2. The molecule has 0 bridgehead atoms. The largest absolute Gasteiger partial charge is 0.504 e. The van der Waals surface area contributed by atoms with Gasteiger partial charge in [-0.2, -0.15) is 0 Å². The fraction of sp³-hybridized carbons (Fsp3) is 0.526. The lowest BCUT2D eigenvalue weighted by Crippen LogP contribution is -2.56. The maximum atomic E-state index is 12.9. The van der Waals surface area contributed by atoms with E-state index < -0.39 is 41.2 Å². The monoisotopic (exact) mass is 376 g/mol. The normalized spacial score (nSPS) is 30.2. The third-order valence-electron chi connectivity index (χ3n) is 5.53. The van der Waals surface area contributed by atoms with Gasteiger partial charge in [0.2, 0.25) is 11.8 Å². The molecule has 2 saturated heterocycles. The summed E-state index contributed by atoms with van der Waals surface area (Å²) in [5.74, 6) is -4.67. The van der Waals surface area contributed by atoms with Gasteiger partial charge in [0.15, 0.2) is 11.5 Å². The molecule has 27 heavy (non-hydrogen) atoms. The van der Waals surface area contributed by atoms with Crippen molar-refractivity contribution in [2.24, 2.45) is 17.8 Å². The Morgan fingerprint density at radius 1 is 1.22 bits per heavy atom. The van der Waals surface area contributed by atoms with E-state index in [1.54, 1.807) is 6.92 Å². The van der Waals surface area contributed by atoms with Crippen molar-refractivity contribution in [1.29, 1.82) is 0 Å². The summed E-state index contributed by atoms with van der Waals surface area (Å²) >= 11 is 0. The zero-order valence-corrected chi connectivity index (χ0v) is 15.5. The maximum Gasteiger partial charge on any atom is 0.324 e. The highest BCUT2D eigenvalue weighted by molar-refractivity contribution is 6.09. The Labute approximate surface area is 156 Å². The summed E-state index contributed by atoms with van der Waals surface area (Å²) in [6.07, 6.45) is 0.181. The van der Waals surface area contributed by atoms with Crippen LogP contribution in [-0.4, -0.2) is 50.1 Å². The second kappa shape index (κ2) is 6.53. The minimum absolute atomic E-state index is 0.0280. The van der Waals surface area contributed by atoms with Gasteiger partial charge in [-0.1, -0.05) is 19.9 Å². The number of rotatable bonds is 5. The number of carboxylic acids is 1. The molecule has 0 aromatic heterocycles. The zero-order chi connectivity index (χ0) is 20.1. The Morgan fingerprint density at radius 2 is 1.89 bits per heavy atom. The van der Waals surface area contributed by atoms with Crippen molar-refractivity contribution in [2.75, 3.05) is 6.54 Å². The third kappa shape index (κ3) is 2.75. The standard InChI is InChI=1S/C19H24N2O6/c1-4-21-16(24)13-14(17(21)25)19(18(26)27,8-9(2)3)20-15(13)10-5-6-11(22)12(23)7-10/h5-7,9,13-15,20,22-23H,4,8H2,1-3H3,(H,26,27). The van der Waals surface area contributed by atoms with Crippen LogP contribution < -0.4 is 5.32 Å². The smallest absolute Gasteiger partial charge is 0.324 e. The van der Waals surface area contributed by atoms with Crippen LogP contribution in [0.4, 0.5) is 0 Å². The van der Waals surface area contributed by atoms with Crippen LogP contribution in [-0.2, 0) is 14.4 Å². The van der Waals surface area contributed by atoms with Crippen LogP contribution in [0.15, 0.2) is 18.2 Å². The number of carbonyl (C=O) groups is 3. The minimum Gasteiger partial charge on any atom is -0.504 e. The quantitative estimate of drug-likeness (QED) is 0.450. The average molecular weight is 376 g/mol. The molecule has 0 spiro atoms. The third-order valence-corrected chi connectivity index (χ3v) is 5.53. The van der Waals surface area contributed by atoms with Crippen molar-refractivity contribution in [2.45, 2.75) is 38.8 Å². The van der Waals surface area contributed by atoms with Gasteiger partial charge in [-0.25, -0.2) is 0 Å². The van der Waals surface area contributed by atoms with Gasteiger partial charge in [0.25, 0.3) is 0 Å². The number of imide groups is 1. The van der Waals surface area contributed by atoms with E-state index >= 15 is 0 Å². The van der Waals surface area contributed by atoms with Gasteiger partial charge in [0.1, 0.15) is 5.54 Å². The first kappa shape index (κ1) is 19.2. The highest BCUT2D eigenvalue weighted by atomic mass is 16.4. The number of hydrogen-bond donors (Lipinski definition) is 4. The predicted octanol–water partition coefficient (Wildman–Crippen LogP) is 1.23. The second-order valence-corrected chi connectivity index (χ2v) is 7.67. The SMILES string of the molecule is CCN1C(=O)C2C(c3ccc(O)c(O)c3)NC(CC(C)C)(C(=O)O)C2C1=O. The van der Waals surface area contributed by atoms with Crippen LogP contribution in [0, 0.1) is 17.8 Å². The molecule has 0 saturated carbocycles. The Balaban J connectivity index is 2.16. The van der Waals surface area contributed by atoms with Crippen molar-refractivity contribution in [1.82, 2.24) is 10.2 Å². The van der Waals surface area contributed by atoms with Crippen LogP contribution >= 0.6 is 0 Å². The van der Waals surface area contributed by atoms with Gasteiger partial charge in [-0.05, 0) is 37.0 Å². The Kier molecular flexibility index (Phi) is 4.63. The van der Waals surface area contributed by atoms with Crippen LogP contribution in [0.1, 0.15) is 38.8 Å². The summed E-state index contributed by atoms with van der Waals surface area (Å²) in [4.78, 5) is 39.3. The lowest BCUT2D eigenvalue weighted by Gasteiger charge is -2.32. The molecule has 1 aromatic rings. The van der Waals surface area contributed by atoms with Crippen molar-refractivity contribution in [3.8, 4) is 11.5 Å². The van der Waals surface area contributed by atoms with Crippen molar-refractivity contribution >= 4 is 17.8 Å². The second-order valence-electron chi connectivity index (χ2n) is 7.67. The number of amides is 2. The lowest BCUT2D eigenvalue weighted by molar-refractivity contribution is -0.152. The molecule has 8 heteroatoms.